The molecular formula is C7H13NO3. The highest BCUT2D eigenvalue weighted by molar-refractivity contribution is 5.69. The Labute approximate surface area is 65.8 Å². The lowest BCUT2D eigenvalue weighted by atomic mass is 10.3. The van der Waals surface area contributed by atoms with Gasteiger partial charge in [0.05, 0.1) is 6.54 Å². The van der Waals surface area contributed by atoms with Crippen molar-refractivity contribution >= 4 is 5.97 Å². The van der Waals surface area contributed by atoms with E-state index in [0.29, 0.717) is 0 Å². The maximum absolute atomic E-state index is 10.3. The van der Waals surface area contributed by atoms with Crippen LogP contribution in [0, 0.1) is 0 Å². The molecule has 4 nitrogen and oxygen atoms in total. The monoisotopic (exact) mass is 159 g/mol. The van der Waals surface area contributed by atoms with Gasteiger partial charge in [-0.3, -0.25) is 9.69 Å². The van der Waals surface area contributed by atoms with Crippen molar-refractivity contribution in [3.8, 4) is 0 Å². The molecule has 0 aromatic rings. The summed E-state index contributed by atoms with van der Waals surface area (Å²) in [7, 11) is 1.77. The average molecular weight is 159 g/mol. The molecule has 0 amide bonds. The van der Waals surface area contributed by atoms with Crippen LogP contribution in [-0.4, -0.2) is 42.4 Å². The van der Waals surface area contributed by atoms with Crippen molar-refractivity contribution < 1.29 is 14.6 Å². The Morgan fingerprint density at radius 1 is 1.82 bits per heavy atom. The van der Waals surface area contributed by atoms with Gasteiger partial charge in [-0.1, -0.05) is 0 Å². The quantitative estimate of drug-likeness (QED) is 0.636. The van der Waals surface area contributed by atoms with Crippen LogP contribution in [0.2, 0.25) is 0 Å². The van der Waals surface area contributed by atoms with Crippen molar-refractivity contribution in [3.05, 3.63) is 0 Å². The molecule has 0 bridgehead atoms. The van der Waals surface area contributed by atoms with E-state index in [1.165, 1.54) is 0 Å². The number of ether oxygens (including phenoxy) is 1. The highest BCUT2D eigenvalue weighted by atomic mass is 16.5. The molecule has 0 saturated carbocycles. The molecule has 1 saturated heterocycles. The minimum atomic E-state index is -0.803. The van der Waals surface area contributed by atoms with Crippen LogP contribution in [-0.2, 0) is 9.53 Å². The standard InChI is InChI=1S/C7H13NO3/c1-8(5-7(9)10)6-3-2-4-11-6/h6H,2-5H2,1H3,(H,9,10). The van der Waals surface area contributed by atoms with Crippen molar-refractivity contribution in [2.45, 2.75) is 19.1 Å². The normalized spacial score (nSPS) is 24.4. The lowest BCUT2D eigenvalue weighted by molar-refractivity contribution is -0.140. The molecule has 1 N–H and O–H groups in total. The second-order valence-electron chi connectivity index (χ2n) is 2.78. The zero-order valence-electron chi connectivity index (χ0n) is 6.62. The predicted octanol–water partition coefficient (Wildman–Crippen LogP) is 0.139. The van der Waals surface area contributed by atoms with Crippen molar-refractivity contribution in [3.63, 3.8) is 0 Å². The summed E-state index contributed by atoms with van der Waals surface area (Å²) in [5, 5.41) is 8.45. The molecule has 1 aliphatic rings. The molecule has 11 heavy (non-hydrogen) atoms. The fraction of sp³-hybridized carbons (Fsp3) is 0.857. The van der Waals surface area contributed by atoms with Crippen molar-refractivity contribution in [1.29, 1.82) is 0 Å². The Morgan fingerprint density at radius 3 is 3.00 bits per heavy atom. The first kappa shape index (κ1) is 8.49. The summed E-state index contributed by atoms with van der Waals surface area (Å²) in [6.45, 7) is 0.819. The Hall–Kier alpha value is -0.610. The van der Waals surface area contributed by atoms with Gasteiger partial charge in [0.25, 0.3) is 0 Å². The molecule has 0 radical (unpaired) electrons. The second-order valence-corrected chi connectivity index (χ2v) is 2.78. The summed E-state index contributed by atoms with van der Waals surface area (Å²) in [4.78, 5) is 12.0. The number of rotatable bonds is 3. The van der Waals surface area contributed by atoms with Crippen LogP contribution in [0.15, 0.2) is 0 Å². The van der Waals surface area contributed by atoms with Gasteiger partial charge >= 0.3 is 5.97 Å². The van der Waals surface area contributed by atoms with Gasteiger partial charge in [0.2, 0.25) is 0 Å². The van der Waals surface area contributed by atoms with E-state index < -0.39 is 5.97 Å². The number of carboxylic acids is 1. The number of carboxylic acid groups (broad SMARTS) is 1. The van der Waals surface area contributed by atoms with Gasteiger partial charge in [0.1, 0.15) is 6.23 Å². The van der Waals surface area contributed by atoms with E-state index >= 15 is 0 Å². The summed E-state index contributed by atoms with van der Waals surface area (Å²) in [5.41, 5.74) is 0. The largest absolute Gasteiger partial charge is 0.480 e. The van der Waals surface area contributed by atoms with Crippen LogP contribution < -0.4 is 0 Å². The van der Waals surface area contributed by atoms with E-state index in [0.717, 1.165) is 19.4 Å². The third-order valence-corrected chi connectivity index (χ3v) is 1.78. The number of nitrogens with zero attached hydrogens (tertiary/aromatic N) is 1. The molecule has 1 atom stereocenters. The number of hydrogen-bond acceptors (Lipinski definition) is 3. The van der Waals surface area contributed by atoms with E-state index in [4.69, 9.17) is 9.84 Å². The maximum Gasteiger partial charge on any atom is 0.317 e. The summed E-state index contributed by atoms with van der Waals surface area (Å²) in [5.74, 6) is -0.803. The van der Waals surface area contributed by atoms with Gasteiger partial charge in [-0.25, -0.2) is 0 Å². The molecule has 4 heteroatoms. The van der Waals surface area contributed by atoms with Crippen molar-refractivity contribution in [1.82, 2.24) is 4.90 Å². The number of aliphatic carboxylic acids is 1. The molecule has 0 spiro atoms. The zero-order valence-corrected chi connectivity index (χ0v) is 6.62. The molecule has 1 aliphatic heterocycles. The first-order valence-corrected chi connectivity index (χ1v) is 3.74. The van der Waals surface area contributed by atoms with E-state index in [2.05, 4.69) is 0 Å². The fourth-order valence-corrected chi connectivity index (χ4v) is 1.22. The van der Waals surface area contributed by atoms with Crippen molar-refractivity contribution in [2.75, 3.05) is 20.2 Å². The van der Waals surface area contributed by atoms with Crippen molar-refractivity contribution in [2.24, 2.45) is 0 Å². The van der Waals surface area contributed by atoms with Crippen LogP contribution in [0.25, 0.3) is 0 Å². The second kappa shape index (κ2) is 3.69. The Kier molecular flexibility index (Phi) is 2.84. The SMILES string of the molecule is CN(CC(=O)O)C1CCCO1. The molecule has 1 heterocycles. The number of likely N-dealkylation sites (N-methyl/N-ethyl adjacent to an activating group) is 1. The van der Waals surface area contributed by atoms with Gasteiger partial charge in [0, 0.05) is 6.61 Å². The summed E-state index contributed by atoms with van der Waals surface area (Å²) < 4.78 is 5.28. The number of hydrogen-bond donors (Lipinski definition) is 1. The smallest absolute Gasteiger partial charge is 0.317 e. The van der Waals surface area contributed by atoms with Gasteiger partial charge in [-0.05, 0) is 19.9 Å². The predicted molar refractivity (Wildman–Crippen MR) is 39.2 cm³/mol. The van der Waals surface area contributed by atoms with Crippen LogP contribution in [0.5, 0.6) is 0 Å². The van der Waals surface area contributed by atoms with E-state index in [1.807, 2.05) is 0 Å². The van der Waals surface area contributed by atoms with Crippen LogP contribution >= 0.6 is 0 Å². The maximum atomic E-state index is 10.3. The molecule has 0 aliphatic carbocycles. The van der Waals surface area contributed by atoms with E-state index in [9.17, 15) is 4.79 Å². The van der Waals surface area contributed by atoms with Gasteiger partial charge in [0.15, 0.2) is 0 Å². The lowest BCUT2D eigenvalue weighted by Gasteiger charge is -2.20. The molecule has 0 aromatic carbocycles. The van der Waals surface area contributed by atoms with Crippen LogP contribution in [0.4, 0.5) is 0 Å². The minimum absolute atomic E-state index is 0.0195. The molecular weight excluding hydrogens is 146 g/mol. The molecule has 1 fully saturated rings. The average Bonchev–Trinajstić information content (AvgIpc) is 2.35. The lowest BCUT2D eigenvalue weighted by Crippen LogP contribution is -2.35. The van der Waals surface area contributed by atoms with Gasteiger partial charge < -0.3 is 9.84 Å². The van der Waals surface area contributed by atoms with Gasteiger partial charge in [-0.15, -0.1) is 0 Å². The highest BCUT2D eigenvalue weighted by Gasteiger charge is 2.21. The first-order valence-electron chi connectivity index (χ1n) is 3.74. The highest BCUT2D eigenvalue weighted by Crippen LogP contribution is 2.14. The molecule has 1 unspecified atom stereocenters. The molecule has 1 rings (SSSR count). The van der Waals surface area contributed by atoms with Gasteiger partial charge in [-0.2, -0.15) is 0 Å². The van der Waals surface area contributed by atoms with E-state index in [1.54, 1.807) is 11.9 Å². The summed E-state index contributed by atoms with van der Waals surface area (Å²) in [6.07, 6.45) is 2.00. The molecule has 64 valence electrons. The third kappa shape index (κ3) is 2.48. The Bertz CT molecular complexity index is 143. The summed E-state index contributed by atoms with van der Waals surface area (Å²) >= 11 is 0. The first-order chi connectivity index (χ1) is 5.20. The van der Waals surface area contributed by atoms with E-state index in [-0.39, 0.29) is 12.8 Å². The Morgan fingerprint density at radius 2 is 2.55 bits per heavy atom. The molecule has 0 aromatic heterocycles. The minimum Gasteiger partial charge on any atom is -0.480 e. The fourth-order valence-electron chi connectivity index (χ4n) is 1.22. The van der Waals surface area contributed by atoms with Crippen LogP contribution in [0.3, 0.4) is 0 Å². The topological polar surface area (TPSA) is 49.8 Å². The Balaban J connectivity index is 2.28. The van der Waals surface area contributed by atoms with Crippen LogP contribution in [0.1, 0.15) is 12.8 Å². The number of carbonyl (C=O) groups is 1. The third-order valence-electron chi connectivity index (χ3n) is 1.78. The summed E-state index contributed by atoms with van der Waals surface area (Å²) in [6, 6.07) is 0. The zero-order chi connectivity index (χ0) is 8.27.